The Morgan fingerprint density at radius 3 is 2.33 bits per heavy atom. The number of amides is 2. The molecule has 0 fully saturated rings. The molecule has 1 aromatic heterocycles. The van der Waals surface area contributed by atoms with Crippen molar-refractivity contribution in [3.63, 3.8) is 0 Å². The van der Waals surface area contributed by atoms with Crippen LogP contribution in [0.4, 0.5) is 9.80 Å². The highest BCUT2D eigenvalue weighted by Gasteiger charge is 2.33. The molecule has 1 atom stereocenters. The van der Waals surface area contributed by atoms with Gasteiger partial charge in [-0.15, -0.1) is 11.3 Å². The van der Waals surface area contributed by atoms with Crippen molar-refractivity contribution in [3.05, 3.63) is 86.8 Å². The molecular formula is C24H24ClN3O4S. The van der Waals surface area contributed by atoms with Gasteiger partial charge in [-0.05, 0) is 56.2 Å². The maximum atomic E-state index is 13.1. The number of ether oxygens (including phenoxy) is 1. The van der Waals surface area contributed by atoms with E-state index in [-0.39, 0.29) is 12.4 Å². The van der Waals surface area contributed by atoms with Gasteiger partial charge in [0.15, 0.2) is 11.4 Å². The van der Waals surface area contributed by atoms with E-state index in [2.05, 4.69) is 10.6 Å². The average Bonchev–Trinajstić information content (AvgIpc) is 3.05. The second kappa shape index (κ2) is 10.2. The van der Waals surface area contributed by atoms with Crippen LogP contribution in [0, 0.1) is 13.8 Å². The Morgan fingerprint density at radius 1 is 1.06 bits per heavy atom. The number of alkyl carbamates (subject to hydrolysis) is 1. The predicted octanol–water partition coefficient (Wildman–Crippen LogP) is 4.79. The third-order valence-corrected chi connectivity index (χ3v) is 6.37. The summed E-state index contributed by atoms with van der Waals surface area (Å²) in [6, 6.07) is 15.6. The summed E-state index contributed by atoms with van der Waals surface area (Å²) in [5, 5.41) is 5.92. The Balaban J connectivity index is 1.72. The lowest BCUT2D eigenvalue weighted by Gasteiger charge is -2.24. The number of hydrogen-bond acceptors (Lipinski definition) is 6. The first-order valence-corrected chi connectivity index (χ1v) is 11.3. The molecule has 3 rings (SSSR count). The van der Waals surface area contributed by atoms with Crippen molar-refractivity contribution in [1.29, 1.82) is 0 Å². The van der Waals surface area contributed by atoms with E-state index in [1.165, 1.54) is 18.3 Å². The summed E-state index contributed by atoms with van der Waals surface area (Å²) in [6.45, 7) is 5.05. The van der Waals surface area contributed by atoms with E-state index in [1.54, 1.807) is 24.3 Å². The number of halogens is 1. The zero-order valence-electron chi connectivity index (χ0n) is 18.4. The first-order chi connectivity index (χ1) is 15.6. The number of aryl methyl sites for hydroxylation is 1. The van der Waals surface area contributed by atoms with Crippen LogP contribution in [-0.4, -0.2) is 23.4 Å². The summed E-state index contributed by atoms with van der Waals surface area (Å²) in [6.07, 6.45) is -0.838. The van der Waals surface area contributed by atoms with Crippen molar-refractivity contribution in [2.24, 2.45) is 5.73 Å². The van der Waals surface area contributed by atoms with Gasteiger partial charge in [-0.25, -0.2) is 4.79 Å². The molecule has 2 amide bonds. The molecule has 4 N–H and O–H groups in total. The third-order valence-electron chi connectivity index (χ3n) is 4.99. The smallest absolute Gasteiger partial charge is 0.409 e. The summed E-state index contributed by atoms with van der Waals surface area (Å²) in [5.74, 6) is -0.941. The maximum Gasteiger partial charge on any atom is 0.409 e. The molecular weight excluding hydrogens is 462 g/mol. The van der Waals surface area contributed by atoms with Crippen molar-refractivity contribution in [1.82, 2.24) is 5.32 Å². The van der Waals surface area contributed by atoms with Gasteiger partial charge < -0.3 is 15.8 Å². The van der Waals surface area contributed by atoms with Gasteiger partial charge in [0.05, 0.1) is 5.56 Å². The fourth-order valence-electron chi connectivity index (χ4n) is 2.99. The van der Waals surface area contributed by atoms with Crippen LogP contribution in [0.5, 0.6) is 0 Å². The topological polar surface area (TPSA) is 111 Å². The Labute approximate surface area is 200 Å². The highest BCUT2D eigenvalue weighted by atomic mass is 35.5. The van der Waals surface area contributed by atoms with Gasteiger partial charge in [0.2, 0.25) is 0 Å². The van der Waals surface area contributed by atoms with Gasteiger partial charge in [-0.2, -0.15) is 0 Å². The first kappa shape index (κ1) is 24.4. The number of ketones is 1. The summed E-state index contributed by atoms with van der Waals surface area (Å²) < 4.78 is 5.14. The normalized spacial score (nSPS) is 12.5. The van der Waals surface area contributed by atoms with E-state index in [0.717, 1.165) is 16.0 Å². The van der Waals surface area contributed by atoms with Crippen LogP contribution in [0.2, 0.25) is 5.02 Å². The molecule has 172 valence electrons. The van der Waals surface area contributed by atoms with Crippen molar-refractivity contribution < 1.29 is 19.1 Å². The first-order valence-electron chi connectivity index (χ1n) is 10.1. The fraction of sp³-hybridized carbons (Fsp3) is 0.208. The average molecular weight is 486 g/mol. The molecule has 0 saturated heterocycles. The third kappa shape index (κ3) is 5.98. The molecule has 1 heterocycles. The quantitative estimate of drug-likeness (QED) is 0.329. The predicted molar refractivity (Wildman–Crippen MR) is 130 cm³/mol. The van der Waals surface area contributed by atoms with Gasteiger partial charge in [0.1, 0.15) is 11.6 Å². The largest absolute Gasteiger partial charge is 0.445 e. The number of anilines is 1. The highest BCUT2D eigenvalue weighted by Crippen LogP contribution is 2.34. The minimum atomic E-state index is -1.78. The van der Waals surface area contributed by atoms with Gasteiger partial charge in [-0.3, -0.25) is 14.9 Å². The Kier molecular flexibility index (Phi) is 7.53. The summed E-state index contributed by atoms with van der Waals surface area (Å²) in [4.78, 5) is 39.1. The molecule has 0 spiro atoms. The molecule has 1 unspecified atom stereocenters. The molecule has 0 saturated carbocycles. The lowest BCUT2D eigenvalue weighted by molar-refractivity contribution is -0.121. The Bertz CT molecular complexity index is 1170. The van der Waals surface area contributed by atoms with E-state index in [9.17, 15) is 14.4 Å². The molecule has 0 radical (unpaired) electrons. The highest BCUT2D eigenvalue weighted by molar-refractivity contribution is 7.16. The van der Waals surface area contributed by atoms with Gasteiger partial charge in [-0.1, -0.05) is 41.9 Å². The Hall–Kier alpha value is -3.20. The summed E-state index contributed by atoms with van der Waals surface area (Å²) >= 11 is 7.18. The van der Waals surface area contributed by atoms with E-state index in [0.29, 0.717) is 21.2 Å². The number of nitrogens with one attached hydrogen (secondary N) is 2. The van der Waals surface area contributed by atoms with Crippen LogP contribution >= 0.6 is 22.9 Å². The number of rotatable bonds is 7. The number of benzene rings is 2. The monoisotopic (exact) mass is 485 g/mol. The van der Waals surface area contributed by atoms with Crippen LogP contribution in [0.1, 0.15) is 38.8 Å². The van der Waals surface area contributed by atoms with Crippen molar-refractivity contribution in [2.45, 2.75) is 33.0 Å². The van der Waals surface area contributed by atoms with E-state index < -0.39 is 17.7 Å². The summed E-state index contributed by atoms with van der Waals surface area (Å²) in [5.41, 5.74) is 6.64. The molecule has 33 heavy (non-hydrogen) atoms. The van der Waals surface area contributed by atoms with Gasteiger partial charge in [0, 0.05) is 15.5 Å². The van der Waals surface area contributed by atoms with E-state index >= 15 is 0 Å². The zero-order valence-corrected chi connectivity index (χ0v) is 20.0. The lowest BCUT2D eigenvalue weighted by atomic mass is 10.0. The van der Waals surface area contributed by atoms with Gasteiger partial charge in [0.25, 0.3) is 5.91 Å². The van der Waals surface area contributed by atoms with Crippen LogP contribution in [0.15, 0.2) is 54.6 Å². The molecule has 3 aromatic rings. The zero-order chi connectivity index (χ0) is 24.2. The molecule has 0 aliphatic rings. The second-order valence-electron chi connectivity index (χ2n) is 7.67. The molecule has 0 bridgehead atoms. The van der Waals surface area contributed by atoms with Crippen molar-refractivity contribution in [3.8, 4) is 0 Å². The minimum Gasteiger partial charge on any atom is -0.445 e. The Morgan fingerprint density at radius 2 is 1.70 bits per heavy atom. The van der Waals surface area contributed by atoms with Crippen LogP contribution in [0.3, 0.4) is 0 Å². The second-order valence-corrected chi connectivity index (χ2v) is 9.33. The molecule has 9 heteroatoms. The standard InChI is InChI=1S/C24H24ClN3O4S/c1-14-15(2)33-21(19(14)20(29)17-9-11-18(25)12-10-17)27-22(30)24(3,26)28-23(31)32-13-16-7-5-4-6-8-16/h4-12H,13,26H2,1-3H3,(H,27,30)(H,28,31). The molecule has 0 aliphatic heterocycles. The number of nitrogens with two attached hydrogens (primary N) is 1. The molecule has 7 nitrogen and oxygen atoms in total. The number of thiophene rings is 1. The van der Waals surface area contributed by atoms with Gasteiger partial charge >= 0.3 is 6.09 Å². The van der Waals surface area contributed by atoms with Crippen LogP contribution in [-0.2, 0) is 16.1 Å². The molecule has 0 aliphatic carbocycles. The number of hydrogen-bond donors (Lipinski definition) is 3. The summed E-state index contributed by atoms with van der Waals surface area (Å²) in [7, 11) is 0. The lowest BCUT2D eigenvalue weighted by Crippen LogP contribution is -2.61. The van der Waals surface area contributed by atoms with E-state index in [4.69, 9.17) is 22.1 Å². The van der Waals surface area contributed by atoms with Crippen molar-refractivity contribution in [2.75, 3.05) is 5.32 Å². The van der Waals surface area contributed by atoms with Crippen LogP contribution in [0.25, 0.3) is 0 Å². The maximum absolute atomic E-state index is 13.1. The SMILES string of the molecule is Cc1sc(NC(=O)C(C)(N)NC(=O)OCc2ccccc2)c(C(=O)c2ccc(Cl)cc2)c1C. The number of carbonyl (C=O) groups excluding carboxylic acids is 3. The van der Waals surface area contributed by atoms with Crippen LogP contribution < -0.4 is 16.4 Å². The van der Waals surface area contributed by atoms with E-state index in [1.807, 2.05) is 44.2 Å². The minimum absolute atomic E-state index is 0.0351. The number of carbonyl (C=O) groups is 3. The van der Waals surface area contributed by atoms with Crippen molar-refractivity contribution >= 4 is 45.7 Å². The fourth-order valence-corrected chi connectivity index (χ4v) is 4.17. The molecule has 2 aromatic carbocycles.